The third-order valence-corrected chi connectivity index (χ3v) is 8.44. The lowest BCUT2D eigenvalue weighted by molar-refractivity contribution is -0.127. The molecular weight excluding hydrogens is 506 g/mol. The molecule has 6 nitrogen and oxygen atoms in total. The van der Waals surface area contributed by atoms with Crippen molar-refractivity contribution in [2.24, 2.45) is 0 Å². The first-order chi connectivity index (χ1) is 17.4. The standard InChI is InChI=1S/C29H34ClN3O3S/c1-7-10-33-24-14-23(30)20(12-22(24)19(4)15-29(33,5)6)13-25-27(35)32(28(36)37-25)16-26(34)31-21-9-8-17(2)18(3)11-21/h8-9,11-14,19H,7,10,15-16H2,1-6H3,(H,31,34)/b25-13+. The normalized spacial score (nSPS) is 20.0. The number of hydrogen-bond acceptors (Lipinski definition) is 5. The summed E-state index contributed by atoms with van der Waals surface area (Å²) < 4.78 is 0. The number of fused-ring (bicyclic) bond motifs is 1. The van der Waals surface area contributed by atoms with Crippen LogP contribution in [0.4, 0.5) is 16.2 Å². The molecule has 37 heavy (non-hydrogen) atoms. The van der Waals surface area contributed by atoms with E-state index in [0.29, 0.717) is 22.2 Å². The van der Waals surface area contributed by atoms with E-state index in [1.165, 1.54) is 5.56 Å². The van der Waals surface area contributed by atoms with Gasteiger partial charge in [-0.1, -0.05) is 31.5 Å². The van der Waals surface area contributed by atoms with Crippen molar-refractivity contribution in [3.8, 4) is 0 Å². The smallest absolute Gasteiger partial charge is 0.294 e. The van der Waals surface area contributed by atoms with E-state index in [4.69, 9.17) is 11.6 Å². The number of rotatable bonds is 6. The van der Waals surface area contributed by atoms with Crippen LogP contribution in [0.5, 0.6) is 0 Å². The fraction of sp³-hybridized carbons (Fsp3) is 0.414. The molecule has 4 rings (SSSR count). The predicted octanol–water partition coefficient (Wildman–Crippen LogP) is 7.13. The second kappa shape index (κ2) is 10.5. The van der Waals surface area contributed by atoms with Gasteiger partial charge >= 0.3 is 0 Å². The predicted molar refractivity (Wildman–Crippen MR) is 153 cm³/mol. The highest BCUT2D eigenvalue weighted by Gasteiger charge is 2.38. The first kappa shape index (κ1) is 27.3. The number of benzene rings is 2. The maximum absolute atomic E-state index is 13.1. The molecule has 0 aromatic heterocycles. The van der Waals surface area contributed by atoms with Gasteiger partial charge in [0.05, 0.1) is 4.91 Å². The van der Waals surface area contributed by atoms with Crippen LogP contribution in [0.15, 0.2) is 35.2 Å². The average molecular weight is 540 g/mol. The van der Waals surface area contributed by atoms with Crippen LogP contribution in [0.3, 0.4) is 0 Å². The van der Waals surface area contributed by atoms with Crippen molar-refractivity contribution in [1.82, 2.24) is 4.90 Å². The van der Waals surface area contributed by atoms with E-state index in [-0.39, 0.29) is 17.0 Å². The maximum atomic E-state index is 13.1. The van der Waals surface area contributed by atoms with E-state index in [1.54, 1.807) is 12.1 Å². The first-order valence-electron chi connectivity index (χ1n) is 12.6. The van der Waals surface area contributed by atoms with E-state index < -0.39 is 17.1 Å². The molecule has 2 aliphatic heterocycles. The fourth-order valence-corrected chi connectivity index (χ4v) is 6.26. The summed E-state index contributed by atoms with van der Waals surface area (Å²) in [4.78, 5) is 42.0. The third-order valence-electron chi connectivity index (χ3n) is 7.20. The number of anilines is 2. The van der Waals surface area contributed by atoms with Crippen LogP contribution in [0.2, 0.25) is 5.02 Å². The van der Waals surface area contributed by atoms with E-state index in [0.717, 1.165) is 52.9 Å². The number of aryl methyl sites for hydroxylation is 2. The van der Waals surface area contributed by atoms with Crippen LogP contribution in [-0.2, 0) is 9.59 Å². The maximum Gasteiger partial charge on any atom is 0.294 e. The molecule has 0 bridgehead atoms. The van der Waals surface area contributed by atoms with Crippen molar-refractivity contribution in [3.63, 3.8) is 0 Å². The minimum absolute atomic E-state index is 0.0216. The van der Waals surface area contributed by atoms with Gasteiger partial charge in [-0.05, 0) is 111 Å². The Bertz CT molecular complexity index is 1300. The Morgan fingerprint density at radius 1 is 1.19 bits per heavy atom. The molecule has 1 saturated heterocycles. The second-order valence-electron chi connectivity index (χ2n) is 10.6. The van der Waals surface area contributed by atoms with Crippen molar-refractivity contribution in [2.45, 2.75) is 65.8 Å². The van der Waals surface area contributed by atoms with Gasteiger partial charge in [0.2, 0.25) is 5.91 Å². The summed E-state index contributed by atoms with van der Waals surface area (Å²) in [6, 6.07) is 9.61. The molecule has 1 fully saturated rings. The Hall–Kier alpha value is -2.77. The quantitative estimate of drug-likeness (QED) is 0.395. The Labute approximate surface area is 228 Å². The number of carbonyl (C=O) groups excluding carboxylic acids is 3. The van der Waals surface area contributed by atoms with Gasteiger partial charge in [-0.2, -0.15) is 0 Å². The highest BCUT2D eigenvalue weighted by atomic mass is 35.5. The largest absolute Gasteiger partial charge is 0.366 e. The molecular formula is C29H34ClN3O3S. The summed E-state index contributed by atoms with van der Waals surface area (Å²) in [5.74, 6) is -0.585. The lowest BCUT2D eigenvalue weighted by Crippen LogP contribution is -2.48. The van der Waals surface area contributed by atoms with Gasteiger partial charge in [-0.3, -0.25) is 19.3 Å². The van der Waals surface area contributed by atoms with Gasteiger partial charge in [-0.15, -0.1) is 0 Å². The zero-order valence-corrected chi connectivity index (χ0v) is 23.8. The van der Waals surface area contributed by atoms with Crippen LogP contribution in [0.25, 0.3) is 6.08 Å². The van der Waals surface area contributed by atoms with Gasteiger partial charge in [0, 0.05) is 28.5 Å². The number of nitrogens with one attached hydrogen (secondary N) is 1. The minimum atomic E-state index is -0.485. The fourth-order valence-electron chi connectivity index (χ4n) is 5.22. The van der Waals surface area contributed by atoms with Crippen LogP contribution in [-0.4, -0.2) is 40.6 Å². The van der Waals surface area contributed by atoms with Crippen LogP contribution >= 0.6 is 23.4 Å². The van der Waals surface area contributed by atoms with E-state index >= 15 is 0 Å². The van der Waals surface area contributed by atoms with Crippen LogP contribution in [0, 0.1) is 13.8 Å². The zero-order valence-electron chi connectivity index (χ0n) is 22.3. The van der Waals surface area contributed by atoms with Crippen molar-refractivity contribution in [2.75, 3.05) is 23.3 Å². The number of amides is 3. The highest BCUT2D eigenvalue weighted by molar-refractivity contribution is 8.18. The number of imide groups is 1. The lowest BCUT2D eigenvalue weighted by atomic mass is 9.79. The molecule has 0 radical (unpaired) electrons. The summed E-state index contributed by atoms with van der Waals surface area (Å²) in [7, 11) is 0. The number of nitrogens with zero attached hydrogens (tertiary/aromatic N) is 2. The van der Waals surface area contributed by atoms with Crippen LogP contribution in [0.1, 0.15) is 68.7 Å². The summed E-state index contributed by atoms with van der Waals surface area (Å²) in [6.45, 7) is 13.4. The van der Waals surface area contributed by atoms with Crippen LogP contribution < -0.4 is 10.2 Å². The Morgan fingerprint density at radius 2 is 1.92 bits per heavy atom. The second-order valence-corrected chi connectivity index (χ2v) is 12.0. The molecule has 3 amide bonds. The molecule has 0 saturated carbocycles. The number of halogens is 1. The molecule has 1 N–H and O–H groups in total. The summed E-state index contributed by atoms with van der Waals surface area (Å²) in [6.07, 6.45) is 3.71. The SMILES string of the molecule is CCCN1c2cc(Cl)c(/C=C3/SC(=O)N(CC(=O)Nc4ccc(C)c(C)c4)C3=O)cc2C(C)CC1(C)C. The Kier molecular flexibility index (Phi) is 7.77. The van der Waals surface area contributed by atoms with Crippen molar-refractivity contribution in [1.29, 1.82) is 0 Å². The molecule has 2 aromatic rings. The number of hydrogen-bond donors (Lipinski definition) is 1. The Morgan fingerprint density at radius 3 is 2.59 bits per heavy atom. The molecule has 2 aromatic carbocycles. The molecule has 2 aliphatic rings. The minimum Gasteiger partial charge on any atom is -0.366 e. The van der Waals surface area contributed by atoms with E-state index in [9.17, 15) is 14.4 Å². The average Bonchev–Trinajstić information content (AvgIpc) is 3.07. The molecule has 0 spiro atoms. The third kappa shape index (κ3) is 5.58. The first-order valence-corrected chi connectivity index (χ1v) is 13.8. The van der Waals surface area contributed by atoms with Crippen molar-refractivity contribution >= 4 is 57.9 Å². The highest BCUT2D eigenvalue weighted by Crippen LogP contribution is 2.46. The zero-order chi connectivity index (χ0) is 27.1. The monoisotopic (exact) mass is 539 g/mol. The molecule has 0 aliphatic carbocycles. The van der Waals surface area contributed by atoms with Gasteiger partial charge in [0.1, 0.15) is 6.54 Å². The number of carbonyl (C=O) groups is 3. The summed E-state index contributed by atoms with van der Waals surface area (Å²) >= 11 is 7.54. The van der Waals surface area contributed by atoms with Crippen molar-refractivity contribution < 1.29 is 14.4 Å². The molecule has 2 heterocycles. The topological polar surface area (TPSA) is 69.7 Å². The molecule has 1 atom stereocenters. The number of thioether (sulfide) groups is 1. The van der Waals surface area contributed by atoms with Gasteiger partial charge < -0.3 is 10.2 Å². The van der Waals surface area contributed by atoms with Crippen molar-refractivity contribution in [3.05, 3.63) is 62.5 Å². The molecule has 8 heteroatoms. The molecule has 196 valence electrons. The summed E-state index contributed by atoms with van der Waals surface area (Å²) in [5.41, 5.74) is 5.84. The van der Waals surface area contributed by atoms with Gasteiger partial charge in [-0.25, -0.2) is 0 Å². The van der Waals surface area contributed by atoms with E-state index in [1.807, 2.05) is 38.1 Å². The molecule has 1 unspecified atom stereocenters. The summed E-state index contributed by atoms with van der Waals surface area (Å²) in [5, 5.41) is 2.84. The van der Waals surface area contributed by atoms with Gasteiger partial charge in [0.25, 0.3) is 11.1 Å². The lowest BCUT2D eigenvalue weighted by Gasteiger charge is -2.47. The van der Waals surface area contributed by atoms with Gasteiger partial charge in [0.15, 0.2) is 0 Å². The van der Waals surface area contributed by atoms with E-state index in [2.05, 4.69) is 37.9 Å². The Balaban J connectivity index is 1.55.